The van der Waals surface area contributed by atoms with Gasteiger partial charge in [-0.15, -0.1) is 0 Å². The molecule has 6 rings (SSSR count). The normalized spacial score (nSPS) is 20.1. The molecule has 0 spiro atoms. The van der Waals surface area contributed by atoms with Gasteiger partial charge in [0, 0.05) is 26.6 Å². The average Bonchev–Trinajstić information content (AvgIpc) is 3.34. The van der Waals surface area contributed by atoms with Crippen LogP contribution in [0.25, 0.3) is 0 Å². The zero-order valence-corrected chi connectivity index (χ0v) is 32.3. The van der Waals surface area contributed by atoms with Gasteiger partial charge < -0.3 is 15.5 Å². The molecule has 290 valence electrons. The maximum Gasteiger partial charge on any atom is 0.261 e. The van der Waals surface area contributed by atoms with Gasteiger partial charge in [0.25, 0.3) is 11.8 Å². The lowest BCUT2D eigenvalue weighted by atomic mass is 9.90. The molecule has 2 N–H and O–H groups in total. The molecule has 12 heteroatoms. The Labute approximate surface area is 327 Å². The Morgan fingerprint density at radius 2 is 1.42 bits per heavy atom. The molecule has 0 bridgehead atoms. The summed E-state index contributed by atoms with van der Waals surface area (Å²) in [6, 6.07) is 24.5. The van der Waals surface area contributed by atoms with E-state index in [1.54, 1.807) is 36.2 Å². The van der Waals surface area contributed by atoms with Crippen molar-refractivity contribution >= 4 is 46.4 Å². The van der Waals surface area contributed by atoms with Crippen LogP contribution < -0.4 is 10.6 Å². The number of thioether (sulfide) groups is 1. The first-order valence-corrected chi connectivity index (χ1v) is 20.4. The first kappa shape index (κ1) is 39.9. The van der Waals surface area contributed by atoms with Gasteiger partial charge in [-0.25, -0.2) is 0 Å². The van der Waals surface area contributed by atoms with Crippen LogP contribution in [0, 0.1) is 0 Å². The number of nitrogens with one attached hydrogen (secondary N) is 2. The van der Waals surface area contributed by atoms with Gasteiger partial charge in [0.2, 0.25) is 22.8 Å². The highest BCUT2D eigenvalue weighted by Crippen LogP contribution is 2.31. The van der Waals surface area contributed by atoms with Crippen molar-refractivity contribution in [3.63, 3.8) is 0 Å². The molecule has 3 aliphatic rings. The summed E-state index contributed by atoms with van der Waals surface area (Å²) in [4.78, 5) is 86.7. The smallest absolute Gasteiger partial charge is 0.261 e. The second-order valence-electron chi connectivity index (χ2n) is 14.7. The molecule has 0 aromatic heterocycles. The lowest BCUT2D eigenvalue weighted by molar-refractivity contribution is -0.142. The molecular weight excluding hydrogens is 715 g/mol. The van der Waals surface area contributed by atoms with Gasteiger partial charge in [-0.3, -0.25) is 38.6 Å². The Morgan fingerprint density at radius 1 is 0.782 bits per heavy atom. The number of carbonyl (C=O) groups excluding carboxylic acids is 6. The van der Waals surface area contributed by atoms with Crippen molar-refractivity contribution in [3.05, 3.63) is 107 Å². The predicted molar refractivity (Wildman–Crippen MR) is 212 cm³/mol. The summed E-state index contributed by atoms with van der Waals surface area (Å²) in [6.45, 7) is 2.45. The number of benzene rings is 3. The Bertz CT molecular complexity index is 1800. The van der Waals surface area contributed by atoms with Crippen molar-refractivity contribution in [1.82, 2.24) is 25.3 Å². The highest BCUT2D eigenvalue weighted by molar-refractivity contribution is 8.14. The SMILES string of the molecule is CNC(=O)[C@H](Cc1ccccc1)N1CC[C@H](c2ccccc2)C[C@H](NC(=O)C(CCCCN2C(=O)c3ccccc3C2=O)SC(=O)CN2CCCCC2)C1=O. The van der Waals surface area contributed by atoms with Crippen LogP contribution in [0.2, 0.25) is 0 Å². The predicted octanol–water partition coefficient (Wildman–Crippen LogP) is 4.82. The number of fused-ring (bicyclic) bond motifs is 1. The quantitative estimate of drug-likeness (QED) is 0.166. The van der Waals surface area contributed by atoms with E-state index < -0.39 is 23.2 Å². The Kier molecular flexibility index (Phi) is 13.9. The van der Waals surface area contributed by atoms with Crippen molar-refractivity contribution in [2.24, 2.45) is 0 Å². The molecule has 3 aromatic rings. The fourth-order valence-electron chi connectivity index (χ4n) is 7.96. The van der Waals surface area contributed by atoms with E-state index in [4.69, 9.17) is 0 Å². The van der Waals surface area contributed by atoms with E-state index in [-0.39, 0.29) is 47.8 Å². The second-order valence-corrected chi connectivity index (χ2v) is 15.9. The number of likely N-dealkylation sites (tertiary alicyclic amines) is 2. The lowest BCUT2D eigenvalue weighted by Gasteiger charge is -2.32. The Hall–Kier alpha value is -4.81. The summed E-state index contributed by atoms with van der Waals surface area (Å²) in [7, 11) is 1.56. The summed E-state index contributed by atoms with van der Waals surface area (Å²) in [6.07, 6.45) is 5.71. The minimum absolute atomic E-state index is 0.0611. The first-order valence-electron chi connectivity index (χ1n) is 19.5. The molecule has 11 nitrogen and oxygen atoms in total. The van der Waals surface area contributed by atoms with Crippen molar-refractivity contribution in [2.45, 2.75) is 81.0 Å². The van der Waals surface area contributed by atoms with Crippen LogP contribution in [0.1, 0.15) is 89.1 Å². The van der Waals surface area contributed by atoms with E-state index in [1.165, 1.54) is 4.90 Å². The van der Waals surface area contributed by atoms with Gasteiger partial charge in [-0.1, -0.05) is 97.4 Å². The standard InChI is InChI=1S/C43H51N5O6S/c1-44-39(50)36(27-30-15-5-2-6-16-30)47-26-22-32(31-17-7-3-8-18-31)28-35(43(47)54)45-40(51)37(55-38(49)29-46-23-12-4-13-24-46)21-11-14-25-48-41(52)33-19-9-10-20-34(33)42(48)53/h2-3,5-10,15-20,32,35-37H,4,11-14,21-29H2,1H3,(H,44,50)(H,45,51)/t32-,35-,36-,37?/m0/s1. The number of amides is 5. The third kappa shape index (κ3) is 10.1. The molecule has 3 aromatic carbocycles. The van der Waals surface area contributed by atoms with E-state index in [9.17, 15) is 28.8 Å². The highest BCUT2D eigenvalue weighted by atomic mass is 32.2. The number of imide groups is 1. The molecule has 3 heterocycles. The number of carbonyl (C=O) groups is 6. The molecule has 2 saturated heterocycles. The van der Waals surface area contributed by atoms with Crippen LogP contribution >= 0.6 is 11.8 Å². The molecule has 2 fully saturated rings. The van der Waals surface area contributed by atoms with E-state index in [1.807, 2.05) is 60.7 Å². The molecule has 0 radical (unpaired) electrons. The molecule has 4 atom stereocenters. The van der Waals surface area contributed by atoms with Gasteiger partial charge in [-0.05, 0) is 80.8 Å². The summed E-state index contributed by atoms with van der Waals surface area (Å²) in [5.74, 6) is -1.74. The van der Waals surface area contributed by atoms with Crippen molar-refractivity contribution < 1.29 is 28.8 Å². The van der Waals surface area contributed by atoms with E-state index in [2.05, 4.69) is 15.5 Å². The van der Waals surface area contributed by atoms with Crippen molar-refractivity contribution in [1.29, 1.82) is 0 Å². The summed E-state index contributed by atoms with van der Waals surface area (Å²) < 4.78 is 0. The molecule has 0 saturated carbocycles. The van der Waals surface area contributed by atoms with Crippen LogP contribution in [0.5, 0.6) is 0 Å². The molecule has 3 aliphatic heterocycles. The molecule has 5 amide bonds. The molecular formula is C43H51N5O6S. The number of nitrogens with zero attached hydrogens (tertiary/aromatic N) is 3. The van der Waals surface area contributed by atoms with Crippen LogP contribution in [-0.2, 0) is 25.6 Å². The van der Waals surface area contributed by atoms with Crippen LogP contribution in [0.15, 0.2) is 84.9 Å². The topological polar surface area (TPSA) is 136 Å². The number of hydrogen-bond acceptors (Lipinski definition) is 8. The van der Waals surface area contributed by atoms with Crippen LogP contribution in [0.3, 0.4) is 0 Å². The molecule has 55 heavy (non-hydrogen) atoms. The first-order chi connectivity index (χ1) is 26.7. The summed E-state index contributed by atoms with van der Waals surface area (Å²) in [5.41, 5.74) is 2.74. The van der Waals surface area contributed by atoms with Gasteiger partial charge >= 0.3 is 0 Å². The number of unbranched alkanes of at least 4 members (excludes halogenated alkanes) is 1. The second kappa shape index (κ2) is 19.2. The third-order valence-corrected chi connectivity index (χ3v) is 12.1. The van der Waals surface area contributed by atoms with Crippen LogP contribution in [-0.4, -0.2) is 106 Å². The largest absolute Gasteiger partial charge is 0.357 e. The monoisotopic (exact) mass is 765 g/mol. The van der Waals surface area contributed by atoms with Gasteiger partial charge in [0.15, 0.2) is 0 Å². The maximum atomic E-state index is 14.6. The fraction of sp³-hybridized carbons (Fsp3) is 0.442. The van der Waals surface area contributed by atoms with Crippen molar-refractivity contribution in [2.75, 3.05) is 39.8 Å². The third-order valence-electron chi connectivity index (χ3n) is 10.9. The number of piperidine rings is 1. The van der Waals surface area contributed by atoms with Gasteiger partial charge in [0.1, 0.15) is 12.1 Å². The fourth-order valence-corrected chi connectivity index (χ4v) is 9.00. The van der Waals surface area contributed by atoms with Gasteiger partial charge in [-0.2, -0.15) is 0 Å². The summed E-state index contributed by atoms with van der Waals surface area (Å²) >= 11 is 1.00. The zero-order chi connectivity index (χ0) is 38.7. The van der Waals surface area contributed by atoms with Crippen LogP contribution in [0.4, 0.5) is 0 Å². The van der Waals surface area contributed by atoms with E-state index >= 15 is 0 Å². The van der Waals surface area contributed by atoms with Crippen molar-refractivity contribution in [3.8, 4) is 0 Å². The lowest BCUT2D eigenvalue weighted by Crippen LogP contribution is -2.56. The Balaban J connectivity index is 1.19. The zero-order valence-electron chi connectivity index (χ0n) is 31.5. The summed E-state index contributed by atoms with van der Waals surface area (Å²) in [5, 5.41) is 4.90. The minimum atomic E-state index is -0.929. The molecule has 1 unspecified atom stereocenters. The Morgan fingerprint density at radius 3 is 2.07 bits per heavy atom. The highest BCUT2D eigenvalue weighted by Gasteiger charge is 2.40. The maximum absolute atomic E-state index is 14.6. The average molecular weight is 766 g/mol. The minimum Gasteiger partial charge on any atom is -0.357 e. The number of rotatable bonds is 15. The van der Waals surface area contributed by atoms with E-state index in [0.29, 0.717) is 56.2 Å². The van der Waals surface area contributed by atoms with Gasteiger partial charge in [0.05, 0.1) is 22.9 Å². The molecule has 0 aliphatic carbocycles. The number of hydrogen-bond donors (Lipinski definition) is 2. The number of likely N-dealkylation sites (N-methyl/N-ethyl adjacent to an activating group) is 1. The van der Waals surface area contributed by atoms with E-state index in [0.717, 1.165) is 55.2 Å².